The van der Waals surface area contributed by atoms with Gasteiger partial charge in [0.25, 0.3) is 5.91 Å². The van der Waals surface area contributed by atoms with Crippen LogP contribution in [0.3, 0.4) is 0 Å². The summed E-state index contributed by atoms with van der Waals surface area (Å²) in [6, 6.07) is 16.9. The highest BCUT2D eigenvalue weighted by molar-refractivity contribution is 9.10. The molecule has 1 amide bonds. The molecule has 0 spiro atoms. The van der Waals surface area contributed by atoms with E-state index >= 15 is 0 Å². The molecule has 0 heterocycles. The van der Waals surface area contributed by atoms with Gasteiger partial charge in [0.05, 0.1) is 6.54 Å². The van der Waals surface area contributed by atoms with Gasteiger partial charge in [-0.2, -0.15) is 0 Å². The summed E-state index contributed by atoms with van der Waals surface area (Å²) in [5.74, 6) is 0.811. The van der Waals surface area contributed by atoms with Crippen LogP contribution < -0.4 is 4.74 Å². The minimum absolute atomic E-state index is 0.00541. The largest absolute Gasteiger partial charge is 0.492 e. The monoisotopic (exact) mass is 333 g/mol. The fourth-order valence-electron chi connectivity index (χ4n) is 1.73. The van der Waals surface area contributed by atoms with Crippen LogP contribution in [0.4, 0.5) is 0 Å². The van der Waals surface area contributed by atoms with Crippen LogP contribution >= 0.6 is 15.9 Å². The topological polar surface area (TPSA) is 29.5 Å². The molecular weight excluding hydrogens is 318 g/mol. The SMILES string of the molecule is CN(CCOc1ccccc1)C(=O)c1ccc(Br)cc1. The minimum Gasteiger partial charge on any atom is -0.492 e. The maximum Gasteiger partial charge on any atom is 0.253 e. The Morgan fingerprint density at radius 2 is 1.75 bits per heavy atom. The van der Waals surface area contributed by atoms with Crippen molar-refractivity contribution in [2.45, 2.75) is 0 Å². The summed E-state index contributed by atoms with van der Waals surface area (Å²) in [6.45, 7) is 1.02. The Morgan fingerprint density at radius 3 is 2.40 bits per heavy atom. The van der Waals surface area contributed by atoms with Gasteiger partial charge in [0.15, 0.2) is 0 Å². The van der Waals surface area contributed by atoms with E-state index in [0.717, 1.165) is 10.2 Å². The van der Waals surface area contributed by atoms with Crippen molar-refractivity contribution in [3.8, 4) is 5.75 Å². The van der Waals surface area contributed by atoms with Gasteiger partial charge in [-0.3, -0.25) is 4.79 Å². The summed E-state index contributed by atoms with van der Waals surface area (Å²) < 4.78 is 6.54. The third kappa shape index (κ3) is 4.10. The van der Waals surface area contributed by atoms with Gasteiger partial charge in [-0.25, -0.2) is 0 Å². The summed E-state index contributed by atoms with van der Waals surface area (Å²) in [6.07, 6.45) is 0. The molecular formula is C16H16BrNO2. The first-order valence-corrected chi connectivity index (χ1v) is 7.15. The molecule has 0 aliphatic carbocycles. The van der Waals surface area contributed by atoms with Crippen LogP contribution in [0.25, 0.3) is 0 Å². The van der Waals surface area contributed by atoms with Gasteiger partial charge >= 0.3 is 0 Å². The maximum atomic E-state index is 12.2. The Morgan fingerprint density at radius 1 is 1.10 bits per heavy atom. The van der Waals surface area contributed by atoms with Crippen molar-refractivity contribution in [2.24, 2.45) is 0 Å². The van der Waals surface area contributed by atoms with E-state index < -0.39 is 0 Å². The van der Waals surface area contributed by atoms with E-state index in [2.05, 4.69) is 15.9 Å². The molecule has 4 heteroatoms. The molecule has 104 valence electrons. The van der Waals surface area contributed by atoms with Gasteiger partial charge in [-0.15, -0.1) is 0 Å². The zero-order valence-corrected chi connectivity index (χ0v) is 12.8. The van der Waals surface area contributed by atoms with E-state index in [1.807, 2.05) is 42.5 Å². The average molecular weight is 334 g/mol. The van der Waals surface area contributed by atoms with Crippen molar-refractivity contribution >= 4 is 21.8 Å². The first-order chi connectivity index (χ1) is 9.66. The van der Waals surface area contributed by atoms with E-state index in [-0.39, 0.29) is 5.91 Å². The Kier molecular flexibility index (Phi) is 5.18. The van der Waals surface area contributed by atoms with E-state index in [9.17, 15) is 4.79 Å². The molecule has 2 rings (SSSR count). The second-order valence-electron chi connectivity index (χ2n) is 4.40. The van der Waals surface area contributed by atoms with Crippen molar-refractivity contribution in [3.63, 3.8) is 0 Å². The molecule has 0 radical (unpaired) electrons. The van der Waals surface area contributed by atoms with Crippen LogP contribution in [0.1, 0.15) is 10.4 Å². The van der Waals surface area contributed by atoms with Gasteiger partial charge < -0.3 is 9.64 Å². The number of amides is 1. The molecule has 0 bridgehead atoms. The van der Waals surface area contributed by atoms with Crippen LogP contribution in [0.15, 0.2) is 59.1 Å². The number of carbonyl (C=O) groups excluding carboxylic acids is 1. The molecule has 0 aliphatic heterocycles. The summed E-state index contributed by atoms with van der Waals surface area (Å²) in [7, 11) is 1.78. The highest BCUT2D eigenvalue weighted by Gasteiger charge is 2.11. The molecule has 0 aliphatic rings. The smallest absolute Gasteiger partial charge is 0.253 e. The van der Waals surface area contributed by atoms with E-state index in [0.29, 0.717) is 18.7 Å². The van der Waals surface area contributed by atoms with Crippen molar-refractivity contribution in [3.05, 3.63) is 64.6 Å². The number of likely N-dealkylation sites (N-methyl/N-ethyl adjacent to an activating group) is 1. The van der Waals surface area contributed by atoms with Crippen LogP contribution in [-0.4, -0.2) is 31.0 Å². The van der Waals surface area contributed by atoms with E-state index in [4.69, 9.17) is 4.74 Å². The molecule has 0 fully saturated rings. The molecule has 0 atom stereocenters. The average Bonchev–Trinajstić information content (AvgIpc) is 2.48. The zero-order valence-electron chi connectivity index (χ0n) is 11.3. The Labute approximate surface area is 127 Å². The maximum absolute atomic E-state index is 12.2. The van der Waals surface area contributed by atoms with Crippen molar-refractivity contribution in [2.75, 3.05) is 20.2 Å². The van der Waals surface area contributed by atoms with Crippen LogP contribution in [0.5, 0.6) is 5.75 Å². The van der Waals surface area contributed by atoms with Gasteiger partial charge in [-0.1, -0.05) is 34.1 Å². The fraction of sp³-hybridized carbons (Fsp3) is 0.188. The number of para-hydroxylation sites is 1. The molecule has 2 aromatic carbocycles. The molecule has 0 N–H and O–H groups in total. The van der Waals surface area contributed by atoms with Gasteiger partial charge in [-0.05, 0) is 36.4 Å². The summed E-state index contributed by atoms with van der Waals surface area (Å²) in [5, 5.41) is 0. The summed E-state index contributed by atoms with van der Waals surface area (Å²) >= 11 is 3.35. The molecule has 0 unspecified atom stereocenters. The number of carbonyl (C=O) groups is 1. The minimum atomic E-state index is -0.00541. The predicted molar refractivity (Wildman–Crippen MR) is 83.0 cm³/mol. The lowest BCUT2D eigenvalue weighted by molar-refractivity contribution is 0.0774. The fourth-order valence-corrected chi connectivity index (χ4v) is 2.00. The second kappa shape index (κ2) is 7.10. The number of hydrogen-bond acceptors (Lipinski definition) is 2. The summed E-state index contributed by atoms with van der Waals surface area (Å²) in [4.78, 5) is 13.8. The molecule has 20 heavy (non-hydrogen) atoms. The first kappa shape index (κ1) is 14.6. The highest BCUT2D eigenvalue weighted by atomic mass is 79.9. The van der Waals surface area contributed by atoms with E-state index in [1.54, 1.807) is 24.1 Å². The lowest BCUT2D eigenvalue weighted by Crippen LogP contribution is -2.30. The molecule has 3 nitrogen and oxygen atoms in total. The zero-order chi connectivity index (χ0) is 14.4. The predicted octanol–water partition coefficient (Wildman–Crippen LogP) is 3.60. The number of ether oxygens (including phenoxy) is 1. The van der Waals surface area contributed by atoms with Gasteiger partial charge in [0, 0.05) is 17.1 Å². The quantitative estimate of drug-likeness (QED) is 0.836. The molecule has 0 aromatic heterocycles. The number of benzene rings is 2. The third-order valence-corrected chi connectivity index (χ3v) is 3.41. The number of rotatable bonds is 5. The van der Waals surface area contributed by atoms with Crippen LogP contribution in [-0.2, 0) is 0 Å². The third-order valence-electron chi connectivity index (χ3n) is 2.88. The van der Waals surface area contributed by atoms with Crippen molar-refractivity contribution in [1.82, 2.24) is 4.90 Å². The Bertz CT molecular complexity index is 554. The first-order valence-electron chi connectivity index (χ1n) is 6.36. The van der Waals surface area contributed by atoms with E-state index in [1.165, 1.54) is 0 Å². The van der Waals surface area contributed by atoms with Gasteiger partial charge in [0.1, 0.15) is 12.4 Å². The lowest BCUT2D eigenvalue weighted by atomic mass is 10.2. The van der Waals surface area contributed by atoms with Gasteiger partial charge in [0.2, 0.25) is 0 Å². The molecule has 0 saturated heterocycles. The normalized spacial score (nSPS) is 10.1. The molecule has 0 saturated carbocycles. The number of nitrogens with zero attached hydrogens (tertiary/aromatic N) is 1. The highest BCUT2D eigenvalue weighted by Crippen LogP contribution is 2.12. The Balaban J connectivity index is 1.84. The Hall–Kier alpha value is -1.81. The van der Waals surface area contributed by atoms with Crippen LogP contribution in [0.2, 0.25) is 0 Å². The van der Waals surface area contributed by atoms with Crippen LogP contribution in [0, 0.1) is 0 Å². The van der Waals surface area contributed by atoms with Crippen molar-refractivity contribution < 1.29 is 9.53 Å². The lowest BCUT2D eigenvalue weighted by Gasteiger charge is -2.17. The summed E-state index contributed by atoms with van der Waals surface area (Å²) in [5.41, 5.74) is 0.676. The molecule has 2 aromatic rings. The standard InChI is InChI=1S/C16H16BrNO2/c1-18(11-12-20-15-5-3-2-4-6-15)16(19)13-7-9-14(17)10-8-13/h2-10H,11-12H2,1H3. The van der Waals surface area contributed by atoms with Crippen molar-refractivity contribution in [1.29, 1.82) is 0 Å². The second-order valence-corrected chi connectivity index (χ2v) is 5.31. The number of hydrogen-bond donors (Lipinski definition) is 0. The number of halogens is 1.